The quantitative estimate of drug-likeness (QED) is 0.377. The highest BCUT2D eigenvalue weighted by atomic mass is 16.5. The summed E-state index contributed by atoms with van der Waals surface area (Å²) in [5.74, 6) is -0.522. The Morgan fingerprint density at radius 1 is 1.58 bits per heavy atom. The van der Waals surface area contributed by atoms with Gasteiger partial charge in [-0.2, -0.15) is 0 Å². The summed E-state index contributed by atoms with van der Waals surface area (Å²) in [7, 11) is 0. The monoisotopic (exact) mass is 171 g/mol. The third-order valence-corrected chi connectivity index (χ3v) is 1.71. The van der Waals surface area contributed by atoms with Crippen molar-refractivity contribution in [2.75, 3.05) is 0 Å². The third-order valence-electron chi connectivity index (χ3n) is 1.71. The van der Waals surface area contributed by atoms with E-state index in [4.69, 9.17) is 5.21 Å². The normalized spacial score (nSPS) is 13.2. The molecule has 0 spiro atoms. The summed E-state index contributed by atoms with van der Waals surface area (Å²) in [5.41, 5.74) is 1.65. The molecule has 0 radical (unpaired) electrons. The van der Waals surface area contributed by atoms with E-state index in [-0.39, 0.29) is 11.8 Å². The molecule has 2 N–H and O–H groups in total. The lowest BCUT2D eigenvalue weighted by molar-refractivity contribution is -0.131. The first kappa shape index (κ1) is 11.2. The number of hydrogen-bond donors (Lipinski definition) is 2. The minimum atomic E-state index is -0.329. The van der Waals surface area contributed by atoms with Gasteiger partial charge in [-0.05, 0) is 12.8 Å². The van der Waals surface area contributed by atoms with Crippen molar-refractivity contribution >= 4 is 5.91 Å². The number of allylic oxidation sites excluding steroid dienone is 1. The van der Waals surface area contributed by atoms with Crippen LogP contribution in [0.4, 0.5) is 0 Å². The Bertz CT molecular complexity index is 155. The maximum Gasteiger partial charge on any atom is 0.250 e. The van der Waals surface area contributed by atoms with E-state index in [1.54, 1.807) is 5.48 Å². The molecular weight excluding hydrogens is 154 g/mol. The Morgan fingerprint density at radius 2 is 2.25 bits per heavy atom. The van der Waals surface area contributed by atoms with E-state index in [1.807, 2.05) is 19.1 Å². The molecule has 3 heteroatoms. The van der Waals surface area contributed by atoms with Crippen molar-refractivity contribution in [3.63, 3.8) is 0 Å². The number of rotatable bonds is 5. The van der Waals surface area contributed by atoms with Crippen LogP contribution in [0.25, 0.3) is 0 Å². The molecule has 0 aliphatic carbocycles. The summed E-state index contributed by atoms with van der Waals surface area (Å²) in [4.78, 5) is 10.9. The highest BCUT2D eigenvalue weighted by Gasteiger charge is 2.10. The molecule has 1 unspecified atom stereocenters. The molecule has 0 fully saturated rings. The van der Waals surface area contributed by atoms with Gasteiger partial charge in [-0.25, -0.2) is 5.48 Å². The maximum atomic E-state index is 10.9. The number of unbranched alkanes of at least 4 members (excludes halogenated alkanes) is 1. The highest BCUT2D eigenvalue weighted by molar-refractivity contribution is 5.79. The molecule has 0 rings (SSSR count). The second-order valence-electron chi connectivity index (χ2n) is 2.71. The van der Waals surface area contributed by atoms with Gasteiger partial charge in [-0.3, -0.25) is 10.0 Å². The predicted molar refractivity (Wildman–Crippen MR) is 47.8 cm³/mol. The van der Waals surface area contributed by atoms with Gasteiger partial charge in [0.15, 0.2) is 0 Å². The molecule has 0 bridgehead atoms. The van der Waals surface area contributed by atoms with Crippen molar-refractivity contribution in [3.8, 4) is 0 Å². The van der Waals surface area contributed by atoms with Crippen LogP contribution in [-0.2, 0) is 4.79 Å². The fourth-order valence-electron chi connectivity index (χ4n) is 0.919. The summed E-state index contributed by atoms with van der Waals surface area (Å²) < 4.78 is 0. The van der Waals surface area contributed by atoms with Crippen LogP contribution < -0.4 is 5.48 Å². The first-order valence-corrected chi connectivity index (χ1v) is 4.36. The molecule has 1 amide bonds. The average Bonchev–Trinajstić information content (AvgIpc) is 2.11. The standard InChI is InChI=1S/C9H17NO2/c1-3-5-6-7-8(4-2)9(11)10-12/h6-8,12H,3-5H2,1-2H3,(H,10,11)/b7-6+. The molecule has 0 heterocycles. The van der Waals surface area contributed by atoms with Crippen molar-refractivity contribution in [2.24, 2.45) is 5.92 Å². The van der Waals surface area contributed by atoms with Gasteiger partial charge in [0.25, 0.3) is 0 Å². The topological polar surface area (TPSA) is 49.3 Å². The molecular formula is C9H17NO2. The summed E-state index contributed by atoms with van der Waals surface area (Å²) >= 11 is 0. The Balaban J connectivity index is 3.90. The Hall–Kier alpha value is -0.830. The number of amides is 1. The van der Waals surface area contributed by atoms with Gasteiger partial charge in [0.1, 0.15) is 0 Å². The van der Waals surface area contributed by atoms with Crippen LogP contribution in [-0.4, -0.2) is 11.1 Å². The van der Waals surface area contributed by atoms with E-state index in [1.165, 1.54) is 0 Å². The second-order valence-corrected chi connectivity index (χ2v) is 2.71. The van der Waals surface area contributed by atoms with E-state index >= 15 is 0 Å². The number of nitrogens with one attached hydrogen (secondary N) is 1. The van der Waals surface area contributed by atoms with E-state index in [0.29, 0.717) is 6.42 Å². The van der Waals surface area contributed by atoms with E-state index in [9.17, 15) is 4.79 Å². The van der Waals surface area contributed by atoms with Crippen molar-refractivity contribution < 1.29 is 10.0 Å². The average molecular weight is 171 g/mol. The molecule has 0 aliphatic rings. The molecule has 1 atom stereocenters. The van der Waals surface area contributed by atoms with E-state index in [0.717, 1.165) is 12.8 Å². The Labute approximate surface area is 73.4 Å². The minimum absolute atomic E-state index is 0.193. The van der Waals surface area contributed by atoms with Crippen LogP contribution >= 0.6 is 0 Å². The van der Waals surface area contributed by atoms with E-state index in [2.05, 4.69) is 6.92 Å². The van der Waals surface area contributed by atoms with Crippen LogP contribution in [0.1, 0.15) is 33.1 Å². The molecule has 3 nitrogen and oxygen atoms in total. The van der Waals surface area contributed by atoms with Gasteiger partial charge in [-0.15, -0.1) is 0 Å². The summed E-state index contributed by atoms with van der Waals surface area (Å²) in [5, 5.41) is 8.36. The lowest BCUT2D eigenvalue weighted by Crippen LogP contribution is -2.26. The minimum Gasteiger partial charge on any atom is -0.289 e. The third kappa shape index (κ3) is 4.13. The zero-order chi connectivity index (χ0) is 9.40. The highest BCUT2D eigenvalue weighted by Crippen LogP contribution is 2.05. The van der Waals surface area contributed by atoms with Crippen LogP contribution in [0.3, 0.4) is 0 Å². The molecule has 0 aromatic carbocycles. The van der Waals surface area contributed by atoms with Gasteiger partial charge in [0, 0.05) is 0 Å². The van der Waals surface area contributed by atoms with Gasteiger partial charge < -0.3 is 0 Å². The summed E-state index contributed by atoms with van der Waals surface area (Å²) in [6.07, 6.45) is 6.59. The molecule has 0 aromatic heterocycles. The second kappa shape index (κ2) is 6.85. The SMILES string of the molecule is CCC/C=C/C(CC)C(=O)NO. The van der Waals surface area contributed by atoms with Crippen LogP contribution in [0, 0.1) is 5.92 Å². The fraction of sp³-hybridized carbons (Fsp3) is 0.667. The predicted octanol–water partition coefficient (Wildman–Crippen LogP) is 1.87. The molecule has 70 valence electrons. The first-order chi connectivity index (χ1) is 5.76. The molecule has 12 heavy (non-hydrogen) atoms. The van der Waals surface area contributed by atoms with Crippen molar-refractivity contribution in [1.82, 2.24) is 5.48 Å². The lowest BCUT2D eigenvalue weighted by atomic mass is 10.1. The number of hydroxylamine groups is 1. The lowest BCUT2D eigenvalue weighted by Gasteiger charge is -2.05. The first-order valence-electron chi connectivity index (χ1n) is 4.36. The fourth-order valence-corrected chi connectivity index (χ4v) is 0.919. The van der Waals surface area contributed by atoms with Crippen molar-refractivity contribution in [2.45, 2.75) is 33.1 Å². The summed E-state index contributed by atoms with van der Waals surface area (Å²) in [6.45, 7) is 3.99. The van der Waals surface area contributed by atoms with Crippen molar-refractivity contribution in [3.05, 3.63) is 12.2 Å². The maximum absolute atomic E-state index is 10.9. The molecule has 0 saturated carbocycles. The molecule has 0 aliphatic heterocycles. The van der Waals surface area contributed by atoms with Gasteiger partial charge in [-0.1, -0.05) is 32.4 Å². The largest absolute Gasteiger partial charge is 0.289 e. The molecule has 0 aromatic rings. The number of carbonyl (C=O) groups excluding carboxylic acids is 1. The zero-order valence-corrected chi connectivity index (χ0v) is 7.71. The van der Waals surface area contributed by atoms with Gasteiger partial charge in [0.2, 0.25) is 5.91 Å². The van der Waals surface area contributed by atoms with E-state index < -0.39 is 0 Å². The van der Waals surface area contributed by atoms with Gasteiger partial charge >= 0.3 is 0 Å². The van der Waals surface area contributed by atoms with Crippen LogP contribution in [0.15, 0.2) is 12.2 Å². The van der Waals surface area contributed by atoms with Crippen LogP contribution in [0.5, 0.6) is 0 Å². The smallest absolute Gasteiger partial charge is 0.250 e. The van der Waals surface area contributed by atoms with Gasteiger partial charge in [0.05, 0.1) is 5.92 Å². The Morgan fingerprint density at radius 3 is 2.67 bits per heavy atom. The number of carbonyl (C=O) groups is 1. The zero-order valence-electron chi connectivity index (χ0n) is 7.71. The van der Waals surface area contributed by atoms with Crippen molar-refractivity contribution in [1.29, 1.82) is 0 Å². The Kier molecular flexibility index (Phi) is 6.38. The summed E-state index contributed by atoms with van der Waals surface area (Å²) in [6, 6.07) is 0. The molecule has 0 saturated heterocycles. The number of hydrogen-bond acceptors (Lipinski definition) is 2. The van der Waals surface area contributed by atoms with Crippen LogP contribution in [0.2, 0.25) is 0 Å².